The predicted molar refractivity (Wildman–Crippen MR) is 125 cm³/mol. The number of rotatable bonds is 8. The Kier molecular flexibility index (Phi) is 10.9. The van der Waals surface area contributed by atoms with Crippen LogP contribution in [-0.2, 0) is 4.74 Å². The van der Waals surface area contributed by atoms with Gasteiger partial charge in [0.15, 0.2) is 5.96 Å². The molecule has 1 heterocycles. The molecule has 0 radical (unpaired) electrons. The first-order valence-corrected chi connectivity index (χ1v) is 10.4. The summed E-state index contributed by atoms with van der Waals surface area (Å²) in [7, 11) is 4.41. The van der Waals surface area contributed by atoms with E-state index in [-0.39, 0.29) is 29.4 Å². The van der Waals surface area contributed by atoms with Crippen LogP contribution < -0.4 is 10.6 Å². The molecule has 1 saturated heterocycles. The fraction of sp³-hybridized carbons (Fsp3) is 0.950. The van der Waals surface area contributed by atoms with Crippen LogP contribution in [0.4, 0.5) is 0 Å². The lowest BCUT2D eigenvalue weighted by Gasteiger charge is -2.52. The highest BCUT2D eigenvalue weighted by atomic mass is 127. The first-order chi connectivity index (χ1) is 12.4. The summed E-state index contributed by atoms with van der Waals surface area (Å²) in [6.07, 6.45) is 3.76. The van der Waals surface area contributed by atoms with Crippen LogP contribution in [0.1, 0.15) is 47.0 Å². The normalized spacial score (nSPS) is 29.0. The summed E-state index contributed by atoms with van der Waals surface area (Å²) in [5, 5.41) is 7.08. The van der Waals surface area contributed by atoms with Crippen molar-refractivity contribution < 1.29 is 4.74 Å². The molecule has 7 heteroatoms. The number of hydrogen-bond acceptors (Lipinski definition) is 4. The van der Waals surface area contributed by atoms with Gasteiger partial charge in [0.25, 0.3) is 0 Å². The van der Waals surface area contributed by atoms with Gasteiger partial charge in [0.1, 0.15) is 0 Å². The average Bonchev–Trinajstić information content (AvgIpc) is 2.60. The molecular weight excluding hydrogens is 453 g/mol. The lowest BCUT2D eigenvalue weighted by molar-refractivity contribution is -0.113. The van der Waals surface area contributed by atoms with Crippen molar-refractivity contribution in [3.63, 3.8) is 0 Å². The number of nitrogens with one attached hydrogen (secondary N) is 2. The second-order valence-corrected chi connectivity index (χ2v) is 8.58. The van der Waals surface area contributed by atoms with Crippen LogP contribution in [0.5, 0.6) is 0 Å². The molecule has 6 nitrogen and oxygen atoms in total. The molecule has 2 fully saturated rings. The fourth-order valence-electron chi connectivity index (χ4n) is 3.76. The van der Waals surface area contributed by atoms with E-state index in [4.69, 9.17) is 9.73 Å². The largest absolute Gasteiger partial charge is 0.378 e. The summed E-state index contributed by atoms with van der Waals surface area (Å²) < 4.78 is 6.07. The molecule has 3 atom stereocenters. The maximum atomic E-state index is 6.07. The van der Waals surface area contributed by atoms with Gasteiger partial charge in [0.2, 0.25) is 0 Å². The van der Waals surface area contributed by atoms with Crippen LogP contribution in [0.25, 0.3) is 0 Å². The number of hydrogen-bond donors (Lipinski definition) is 2. The molecule has 1 aliphatic heterocycles. The molecule has 3 unspecified atom stereocenters. The van der Waals surface area contributed by atoms with Crippen molar-refractivity contribution in [3.8, 4) is 0 Å². The van der Waals surface area contributed by atoms with Gasteiger partial charge in [-0.1, -0.05) is 27.2 Å². The average molecular weight is 495 g/mol. The van der Waals surface area contributed by atoms with Gasteiger partial charge < -0.3 is 20.3 Å². The molecule has 0 aromatic heterocycles. The van der Waals surface area contributed by atoms with Crippen LogP contribution in [0.15, 0.2) is 4.99 Å². The number of unbranched alkanes of at least 4 members (excludes halogenated alkanes) is 1. The van der Waals surface area contributed by atoms with E-state index >= 15 is 0 Å². The lowest BCUT2D eigenvalue weighted by Crippen LogP contribution is -2.63. The number of ether oxygens (including phenoxy) is 1. The van der Waals surface area contributed by atoms with Crippen LogP contribution in [0, 0.1) is 5.41 Å². The number of aliphatic imine (C=N–C) groups is 1. The molecule has 1 saturated carbocycles. The molecule has 27 heavy (non-hydrogen) atoms. The fourth-order valence-corrected chi connectivity index (χ4v) is 3.76. The van der Waals surface area contributed by atoms with Crippen LogP contribution >= 0.6 is 24.0 Å². The van der Waals surface area contributed by atoms with E-state index in [1.54, 1.807) is 0 Å². The van der Waals surface area contributed by atoms with Crippen molar-refractivity contribution in [2.75, 3.05) is 53.4 Å². The number of guanidine groups is 1. The van der Waals surface area contributed by atoms with Crippen molar-refractivity contribution in [1.82, 2.24) is 20.4 Å². The maximum Gasteiger partial charge on any atom is 0.191 e. The lowest BCUT2D eigenvalue weighted by atomic mass is 9.64. The molecular formula is C20H42IN5O. The Hall–Kier alpha value is -0.120. The van der Waals surface area contributed by atoms with Gasteiger partial charge in [0.05, 0.1) is 12.6 Å². The van der Waals surface area contributed by atoms with Crippen LogP contribution in [0.3, 0.4) is 0 Å². The van der Waals surface area contributed by atoms with Gasteiger partial charge in [-0.2, -0.15) is 0 Å². The van der Waals surface area contributed by atoms with Crippen molar-refractivity contribution in [2.24, 2.45) is 10.4 Å². The second-order valence-electron chi connectivity index (χ2n) is 8.58. The summed E-state index contributed by atoms with van der Waals surface area (Å²) in [5.74, 6) is 0.944. The zero-order valence-electron chi connectivity index (χ0n) is 18.3. The van der Waals surface area contributed by atoms with Gasteiger partial charge in [-0.3, -0.25) is 9.89 Å². The Labute approximate surface area is 183 Å². The summed E-state index contributed by atoms with van der Waals surface area (Å²) in [6.45, 7) is 14.9. The third kappa shape index (κ3) is 7.01. The minimum atomic E-state index is 0. The molecule has 1 aliphatic carbocycles. The van der Waals surface area contributed by atoms with Crippen molar-refractivity contribution in [1.29, 1.82) is 0 Å². The Morgan fingerprint density at radius 2 is 1.96 bits per heavy atom. The van der Waals surface area contributed by atoms with Crippen molar-refractivity contribution in [2.45, 2.75) is 65.1 Å². The molecule has 0 bridgehead atoms. The Morgan fingerprint density at radius 3 is 2.59 bits per heavy atom. The zero-order valence-corrected chi connectivity index (χ0v) is 20.6. The first-order valence-electron chi connectivity index (χ1n) is 10.4. The summed E-state index contributed by atoms with van der Waals surface area (Å²) in [6, 6.07) is 0.905. The number of halogens is 1. The van der Waals surface area contributed by atoms with Crippen molar-refractivity contribution in [3.05, 3.63) is 0 Å². The minimum Gasteiger partial charge on any atom is -0.378 e. The van der Waals surface area contributed by atoms with E-state index in [0.29, 0.717) is 18.2 Å². The highest BCUT2D eigenvalue weighted by molar-refractivity contribution is 14.0. The molecule has 2 rings (SSSR count). The minimum absolute atomic E-state index is 0. The van der Waals surface area contributed by atoms with E-state index in [1.807, 2.05) is 0 Å². The van der Waals surface area contributed by atoms with E-state index in [2.05, 4.69) is 62.2 Å². The Morgan fingerprint density at radius 1 is 1.22 bits per heavy atom. The standard InChI is InChI=1S/C20H41N5O.HI/c1-7-9-12-26-18-13-17(20(18,3)4)23-19(21-8-2)22-14-16-15-24(5)10-11-25(16)6;/h16-18H,7-15H2,1-6H3,(H2,21,22,23);1H. The maximum absolute atomic E-state index is 6.07. The topological polar surface area (TPSA) is 52.1 Å². The molecule has 160 valence electrons. The van der Waals surface area contributed by atoms with E-state index in [1.165, 1.54) is 6.42 Å². The predicted octanol–water partition coefficient (Wildman–Crippen LogP) is 2.39. The van der Waals surface area contributed by atoms with E-state index in [9.17, 15) is 0 Å². The third-order valence-electron chi connectivity index (χ3n) is 6.09. The third-order valence-corrected chi connectivity index (χ3v) is 6.09. The van der Waals surface area contributed by atoms with E-state index < -0.39 is 0 Å². The molecule has 0 amide bonds. The van der Waals surface area contributed by atoms with Crippen LogP contribution in [0.2, 0.25) is 0 Å². The highest BCUT2D eigenvalue weighted by Gasteiger charge is 2.49. The van der Waals surface area contributed by atoms with Gasteiger partial charge in [-0.15, -0.1) is 24.0 Å². The van der Waals surface area contributed by atoms with Crippen LogP contribution in [-0.4, -0.2) is 87.4 Å². The quantitative estimate of drug-likeness (QED) is 0.235. The van der Waals surface area contributed by atoms with E-state index in [0.717, 1.165) is 58.1 Å². The van der Waals surface area contributed by atoms with Gasteiger partial charge in [-0.05, 0) is 33.9 Å². The SMILES string of the molecule is CCCCOC1CC(NC(=NCC2CN(C)CCN2C)NCC)C1(C)C.I. The van der Waals surface area contributed by atoms with Crippen molar-refractivity contribution >= 4 is 29.9 Å². The van der Waals surface area contributed by atoms with Gasteiger partial charge in [-0.25, -0.2) is 0 Å². The molecule has 2 aliphatic rings. The zero-order chi connectivity index (χ0) is 19.2. The summed E-state index contributed by atoms with van der Waals surface area (Å²) in [4.78, 5) is 9.72. The highest BCUT2D eigenvalue weighted by Crippen LogP contribution is 2.42. The van der Waals surface area contributed by atoms with Gasteiger partial charge in [0, 0.05) is 50.3 Å². The summed E-state index contributed by atoms with van der Waals surface area (Å²) >= 11 is 0. The van der Waals surface area contributed by atoms with Gasteiger partial charge >= 0.3 is 0 Å². The second kappa shape index (κ2) is 11.8. The number of piperazine rings is 1. The molecule has 2 N–H and O–H groups in total. The Balaban J connectivity index is 0.00000364. The first kappa shape index (κ1) is 24.9. The number of nitrogens with zero attached hydrogens (tertiary/aromatic N) is 3. The molecule has 0 aromatic carbocycles. The molecule has 0 spiro atoms. The molecule has 0 aromatic rings. The number of likely N-dealkylation sites (N-methyl/N-ethyl adjacent to an activating group) is 2. The monoisotopic (exact) mass is 495 g/mol. The Bertz CT molecular complexity index is 460. The smallest absolute Gasteiger partial charge is 0.191 e. The summed E-state index contributed by atoms with van der Waals surface area (Å²) in [5.41, 5.74) is 0.145.